The van der Waals surface area contributed by atoms with E-state index in [1.165, 1.54) is 0 Å². The summed E-state index contributed by atoms with van der Waals surface area (Å²) in [6.45, 7) is 2.02. The number of hydrogen-bond acceptors (Lipinski definition) is 8. The third-order valence-corrected chi connectivity index (χ3v) is 6.65. The second-order valence-electron chi connectivity index (χ2n) is 6.79. The van der Waals surface area contributed by atoms with Gasteiger partial charge in [0.1, 0.15) is 5.52 Å². The molecule has 0 aliphatic rings. The van der Waals surface area contributed by atoms with Crippen LogP contribution < -0.4 is 8.90 Å². The van der Waals surface area contributed by atoms with Crippen LogP contribution in [-0.2, 0) is 0 Å². The first kappa shape index (κ1) is 20.4. The summed E-state index contributed by atoms with van der Waals surface area (Å²) in [6.07, 6.45) is 3.55. The van der Waals surface area contributed by atoms with E-state index < -0.39 is 0 Å². The van der Waals surface area contributed by atoms with Crippen LogP contribution in [0.4, 0.5) is 0 Å². The zero-order valence-electron chi connectivity index (χ0n) is 16.5. The molecule has 2 aromatic carbocycles. The monoisotopic (exact) mass is 480 g/mol. The van der Waals surface area contributed by atoms with Gasteiger partial charge in [0.25, 0.3) is 9.57 Å². The summed E-state index contributed by atoms with van der Waals surface area (Å²) in [4.78, 5) is 26.3. The molecule has 8 nitrogen and oxygen atoms in total. The van der Waals surface area contributed by atoms with Gasteiger partial charge >= 0.3 is 5.95 Å². The van der Waals surface area contributed by atoms with Crippen LogP contribution in [0.1, 0.15) is 5.56 Å². The van der Waals surface area contributed by atoms with Gasteiger partial charge in [0.2, 0.25) is 0 Å². The first-order valence-electron chi connectivity index (χ1n) is 9.35. The molecule has 0 N–H and O–H groups in total. The molecule has 0 spiro atoms. The van der Waals surface area contributed by atoms with E-state index in [0.717, 1.165) is 48.9 Å². The maximum atomic E-state index is 11.7. The zero-order valence-corrected chi connectivity index (χ0v) is 18.9. The molecule has 11 heteroatoms. The highest BCUT2D eigenvalue weighted by atomic mass is 35.5. The molecule has 0 radical (unpaired) electrons. The molecule has 0 unspecified atom stereocenters. The summed E-state index contributed by atoms with van der Waals surface area (Å²) in [6, 6.07) is 14.5. The fourth-order valence-corrected chi connectivity index (χ4v) is 4.96. The second-order valence-corrected chi connectivity index (χ2v) is 9.41. The highest BCUT2D eigenvalue weighted by Gasteiger charge is 2.12. The number of rotatable bonds is 1. The predicted octanol–water partition coefficient (Wildman–Crippen LogP) is 4.28. The average molecular weight is 481 g/mol. The molecule has 6 rings (SSSR count). The predicted molar refractivity (Wildman–Crippen MR) is 127 cm³/mol. The van der Waals surface area contributed by atoms with Crippen LogP contribution >= 0.6 is 34.3 Å². The lowest BCUT2D eigenvalue weighted by atomic mass is 10.2. The molecule has 6 aromatic rings. The van der Waals surface area contributed by atoms with Crippen molar-refractivity contribution in [1.29, 1.82) is 0 Å². The minimum atomic E-state index is 0.0528. The molecule has 0 aliphatic heterocycles. The van der Waals surface area contributed by atoms with Gasteiger partial charge in [0, 0.05) is 23.5 Å². The summed E-state index contributed by atoms with van der Waals surface area (Å²) in [5.41, 5.74) is 3.77. The fourth-order valence-electron chi connectivity index (χ4n) is 3.03. The van der Waals surface area contributed by atoms with E-state index in [0.29, 0.717) is 26.8 Å². The molecule has 158 valence electrons. The minimum Gasteiger partial charge on any atom is -0.594 e. The van der Waals surface area contributed by atoms with Crippen LogP contribution in [0.2, 0.25) is 5.02 Å². The lowest BCUT2D eigenvalue weighted by Crippen LogP contribution is -2.34. The maximum Gasteiger partial charge on any atom is 0.301 e. The average Bonchev–Trinajstić information content (AvgIpc) is 3.42. The molecule has 0 saturated carbocycles. The molecule has 0 saturated heterocycles. The third kappa shape index (κ3) is 4.03. The number of halogens is 1. The fraction of sp³-hybridized carbons (Fsp3) is 0.0476. The molecule has 4 heterocycles. The van der Waals surface area contributed by atoms with Crippen LogP contribution in [-0.4, -0.2) is 24.6 Å². The van der Waals surface area contributed by atoms with E-state index in [1.807, 2.05) is 37.3 Å². The van der Waals surface area contributed by atoms with Crippen molar-refractivity contribution in [2.75, 3.05) is 0 Å². The Hall–Kier alpha value is -3.47. The van der Waals surface area contributed by atoms with Gasteiger partial charge in [-0.1, -0.05) is 40.3 Å². The van der Waals surface area contributed by atoms with Gasteiger partial charge in [0.05, 0.1) is 16.1 Å². The number of benzene rings is 2. The number of hydrogen-bond donors (Lipinski definition) is 0. The highest BCUT2D eigenvalue weighted by Crippen LogP contribution is 2.21. The SMILES string of the molecule is Cc1ccc2nc3sc(=O)sc3nc2c1.[O-][n+]1nc(-n2cccc2)nc2ccc(Cl)cc21. The second kappa shape index (κ2) is 8.23. The molecular formula is C21H13ClN6O2S2. The Balaban J connectivity index is 0.000000136. The van der Waals surface area contributed by atoms with Crippen LogP contribution in [0.3, 0.4) is 0 Å². The first-order valence-corrected chi connectivity index (χ1v) is 11.4. The standard InChI is InChI=1S/C11H7ClN4O.C10H6N2OS2/c12-8-3-4-9-10(7-8)16(17)14-11(13-9)15-5-1-2-6-15;1-5-2-3-6-7(4-5)12-9-8(11-6)14-10(13)15-9/h1-7H;2-4H,1H3. The topological polar surface area (TPSA) is 100 Å². The van der Waals surface area contributed by atoms with Crippen LogP contribution in [0.5, 0.6) is 0 Å². The van der Waals surface area contributed by atoms with Gasteiger partial charge in [-0.25, -0.2) is 15.0 Å². The number of aryl methyl sites for hydroxylation is 1. The van der Waals surface area contributed by atoms with E-state index in [9.17, 15) is 10.0 Å². The van der Waals surface area contributed by atoms with Gasteiger partial charge in [-0.2, -0.15) is 0 Å². The van der Waals surface area contributed by atoms with Crippen molar-refractivity contribution in [2.24, 2.45) is 0 Å². The van der Waals surface area contributed by atoms with E-state index in [2.05, 4.69) is 20.1 Å². The van der Waals surface area contributed by atoms with E-state index >= 15 is 0 Å². The highest BCUT2D eigenvalue weighted by molar-refractivity contribution is 7.35. The van der Waals surface area contributed by atoms with Gasteiger partial charge in [-0.05, 0) is 53.7 Å². The molecule has 0 bridgehead atoms. The number of fused-ring (bicyclic) bond motifs is 3. The van der Waals surface area contributed by atoms with Gasteiger partial charge < -0.3 is 5.21 Å². The smallest absolute Gasteiger partial charge is 0.301 e. The van der Waals surface area contributed by atoms with E-state index in [1.54, 1.807) is 35.2 Å². The summed E-state index contributed by atoms with van der Waals surface area (Å²) < 4.78 is 1.72. The molecule has 0 fully saturated rings. The van der Waals surface area contributed by atoms with Crippen molar-refractivity contribution >= 4 is 66.0 Å². The summed E-state index contributed by atoms with van der Waals surface area (Å²) >= 11 is 8.14. The van der Waals surface area contributed by atoms with Crippen molar-refractivity contribution in [1.82, 2.24) is 24.6 Å². The normalized spacial score (nSPS) is 11.1. The third-order valence-electron chi connectivity index (χ3n) is 4.50. The lowest BCUT2D eigenvalue weighted by molar-refractivity contribution is -0.642. The Labute approximate surface area is 193 Å². The van der Waals surface area contributed by atoms with E-state index in [4.69, 9.17) is 11.6 Å². The Kier molecular flexibility index (Phi) is 5.25. The largest absolute Gasteiger partial charge is 0.594 e. The molecule has 0 amide bonds. The van der Waals surface area contributed by atoms with E-state index in [-0.39, 0.29) is 4.06 Å². The van der Waals surface area contributed by atoms with Crippen LogP contribution in [0.25, 0.3) is 37.7 Å². The Morgan fingerprint density at radius 3 is 2.38 bits per heavy atom. The maximum absolute atomic E-state index is 11.7. The Morgan fingerprint density at radius 2 is 1.62 bits per heavy atom. The molecule has 0 aliphatic carbocycles. The lowest BCUT2D eigenvalue weighted by Gasteiger charge is -2.02. The van der Waals surface area contributed by atoms with Crippen molar-refractivity contribution in [3.05, 3.63) is 85.6 Å². The molecule has 32 heavy (non-hydrogen) atoms. The molecule has 4 aromatic heterocycles. The van der Waals surface area contributed by atoms with Gasteiger partial charge in [-0.3, -0.25) is 9.36 Å². The molecular weight excluding hydrogens is 468 g/mol. The number of nitrogens with zero attached hydrogens (tertiary/aromatic N) is 6. The Morgan fingerprint density at radius 1 is 0.938 bits per heavy atom. The van der Waals surface area contributed by atoms with Gasteiger partial charge in [0.15, 0.2) is 9.66 Å². The van der Waals surface area contributed by atoms with Crippen molar-refractivity contribution in [2.45, 2.75) is 6.92 Å². The van der Waals surface area contributed by atoms with Crippen LogP contribution in [0.15, 0.2) is 65.7 Å². The summed E-state index contributed by atoms with van der Waals surface area (Å²) in [5.74, 6) is 0.333. The Bertz CT molecular complexity index is 1650. The van der Waals surface area contributed by atoms with Crippen LogP contribution in [0, 0.1) is 12.1 Å². The summed E-state index contributed by atoms with van der Waals surface area (Å²) in [5, 5.41) is 16.1. The van der Waals surface area contributed by atoms with Gasteiger partial charge in [-0.15, -0.1) is 0 Å². The minimum absolute atomic E-state index is 0.0528. The first-order chi connectivity index (χ1) is 15.5. The zero-order chi connectivity index (χ0) is 22.2. The van der Waals surface area contributed by atoms with Crippen molar-refractivity contribution in [3.8, 4) is 5.95 Å². The number of aromatic nitrogens is 6. The summed E-state index contributed by atoms with van der Waals surface area (Å²) in [7, 11) is 0. The quantitative estimate of drug-likeness (QED) is 0.257. The van der Waals surface area contributed by atoms with Crippen molar-refractivity contribution in [3.63, 3.8) is 0 Å². The molecule has 0 atom stereocenters. The van der Waals surface area contributed by atoms with Crippen molar-refractivity contribution < 1.29 is 4.85 Å².